The molecule has 6 nitrogen and oxygen atoms in total. The molecule has 0 radical (unpaired) electrons. The van der Waals surface area contributed by atoms with E-state index in [0.717, 1.165) is 38.9 Å². The molecule has 0 amide bonds. The van der Waals surface area contributed by atoms with Crippen molar-refractivity contribution in [3.05, 3.63) is 94.7 Å². The Balaban J connectivity index is 1.52. The van der Waals surface area contributed by atoms with Gasteiger partial charge in [0.15, 0.2) is 0 Å². The molecule has 174 valence electrons. The van der Waals surface area contributed by atoms with Gasteiger partial charge in [0, 0.05) is 35.6 Å². The Hall–Kier alpha value is -3.64. The Bertz CT molecular complexity index is 1290. The molecule has 1 fully saturated rings. The molecule has 3 heterocycles. The van der Waals surface area contributed by atoms with E-state index < -0.39 is 6.04 Å². The van der Waals surface area contributed by atoms with Crippen LogP contribution in [0.25, 0.3) is 10.9 Å². The topological polar surface area (TPSA) is 71.6 Å². The highest BCUT2D eigenvalue weighted by Gasteiger charge is 2.44. The number of carbonyl (C=O) groups is 2. The van der Waals surface area contributed by atoms with Gasteiger partial charge in [-0.1, -0.05) is 54.6 Å². The normalized spacial score (nSPS) is 22.4. The maximum atomic E-state index is 13.4. The van der Waals surface area contributed by atoms with Crippen molar-refractivity contribution in [2.45, 2.75) is 38.5 Å². The minimum absolute atomic E-state index is 0.0648. The van der Waals surface area contributed by atoms with E-state index in [1.165, 1.54) is 7.11 Å². The number of hydrogen-bond acceptors (Lipinski definition) is 5. The molecular formula is C28H28N2O4. The summed E-state index contributed by atoms with van der Waals surface area (Å²) in [5.41, 5.74) is 6.26. The number of fused-ring (bicyclic) bond motifs is 5. The molecule has 0 unspecified atom stereocenters. The minimum Gasteiger partial charge on any atom is -0.466 e. The van der Waals surface area contributed by atoms with E-state index >= 15 is 0 Å². The van der Waals surface area contributed by atoms with E-state index in [9.17, 15) is 9.59 Å². The van der Waals surface area contributed by atoms with E-state index in [1.807, 2.05) is 55.5 Å². The van der Waals surface area contributed by atoms with Crippen LogP contribution >= 0.6 is 0 Å². The number of rotatable bonds is 4. The maximum Gasteiger partial charge on any atom is 0.330 e. The van der Waals surface area contributed by atoms with Gasteiger partial charge in [0.1, 0.15) is 12.6 Å². The summed E-state index contributed by atoms with van der Waals surface area (Å²) in [4.78, 5) is 31.3. The number of allylic oxidation sites excluding steroid dienone is 1. The van der Waals surface area contributed by atoms with Crippen molar-refractivity contribution in [1.82, 2.24) is 9.88 Å². The Labute approximate surface area is 198 Å². The van der Waals surface area contributed by atoms with Crippen LogP contribution in [0.3, 0.4) is 0 Å². The van der Waals surface area contributed by atoms with Crippen molar-refractivity contribution in [2.24, 2.45) is 0 Å². The Kier molecular flexibility index (Phi) is 6.07. The number of aromatic amines is 1. The van der Waals surface area contributed by atoms with Gasteiger partial charge in [-0.2, -0.15) is 0 Å². The predicted molar refractivity (Wildman–Crippen MR) is 130 cm³/mol. The first-order valence-electron chi connectivity index (χ1n) is 11.6. The van der Waals surface area contributed by atoms with Gasteiger partial charge < -0.3 is 14.5 Å². The van der Waals surface area contributed by atoms with E-state index in [-0.39, 0.29) is 24.6 Å². The lowest BCUT2D eigenvalue weighted by Gasteiger charge is -2.45. The average Bonchev–Trinajstić information content (AvgIpc) is 3.25. The van der Waals surface area contributed by atoms with Crippen molar-refractivity contribution < 1.29 is 19.1 Å². The van der Waals surface area contributed by atoms with Crippen LogP contribution in [-0.4, -0.2) is 41.5 Å². The third kappa shape index (κ3) is 4.05. The first-order chi connectivity index (χ1) is 16.6. The molecule has 6 heteroatoms. The molecule has 0 bridgehead atoms. The van der Waals surface area contributed by atoms with Crippen LogP contribution in [0.2, 0.25) is 0 Å². The van der Waals surface area contributed by atoms with Crippen LogP contribution in [0.1, 0.15) is 36.2 Å². The number of aromatic nitrogens is 1. The van der Waals surface area contributed by atoms with E-state index in [1.54, 1.807) is 6.08 Å². The second kappa shape index (κ2) is 9.31. The van der Waals surface area contributed by atoms with Crippen molar-refractivity contribution in [2.75, 3.05) is 13.7 Å². The molecule has 1 N–H and O–H groups in total. The molecule has 1 saturated heterocycles. The van der Waals surface area contributed by atoms with Crippen LogP contribution in [0.4, 0.5) is 0 Å². The SMILES string of the molecule is C/C=C1/CN2[C@@H](C(=O)OCc3ccccc3)Cc3c([nH]c4ccccc34)[C@@H]2C/C1=C\C(=O)OC. The number of methoxy groups -OCH3 is 1. The van der Waals surface area contributed by atoms with Gasteiger partial charge in [-0.15, -0.1) is 0 Å². The van der Waals surface area contributed by atoms with E-state index in [0.29, 0.717) is 19.4 Å². The highest BCUT2D eigenvalue weighted by atomic mass is 16.5. The highest BCUT2D eigenvalue weighted by molar-refractivity contribution is 5.88. The zero-order valence-corrected chi connectivity index (χ0v) is 19.4. The molecule has 0 spiro atoms. The lowest BCUT2D eigenvalue weighted by atomic mass is 9.82. The van der Waals surface area contributed by atoms with Gasteiger partial charge in [-0.3, -0.25) is 9.69 Å². The second-order valence-electron chi connectivity index (χ2n) is 8.77. The summed E-state index contributed by atoms with van der Waals surface area (Å²) in [6.45, 7) is 2.77. The third-order valence-corrected chi connectivity index (χ3v) is 6.89. The molecule has 2 atom stereocenters. The average molecular weight is 457 g/mol. The van der Waals surface area contributed by atoms with Gasteiger partial charge in [0.05, 0.1) is 13.2 Å². The summed E-state index contributed by atoms with van der Waals surface area (Å²) in [6, 6.07) is 17.5. The Morgan fingerprint density at radius 1 is 1.06 bits per heavy atom. The molecule has 0 aliphatic carbocycles. The van der Waals surface area contributed by atoms with Crippen LogP contribution in [-0.2, 0) is 32.1 Å². The lowest BCUT2D eigenvalue weighted by Crippen LogP contribution is -2.51. The number of ether oxygens (including phenoxy) is 2. The molecule has 0 saturated carbocycles. The number of esters is 2. The molecule has 2 aromatic carbocycles. The number of H-pyrrole nitrogens is 1. The largest absolute Gasteiger partial charge is 0.466 e. The first-order valence-corrected chi connectivity index (χ1v) is 11.6. The highest BCUT2D eigenvalue weighted by Crippen LogP contribution is 2.45. The summed E-state index contributed by atoms with van der Waals surface area (Å²) >= 11 is 0. The summed E-state index contributed by atoms with van der Waals surface area (Å²) in [5, 5.41) is 1.13. The Morgan fingerprint density at radius 3 is 2.59 bits per heavy atom. The number of carbonyl (C=O) groups excluding carboxylic acids is 2. The van der Waals surface area contributed by atoms with Crippen LogP contribution in [0.15, 0.2) is 77.9 Å². The lowest BCUT2D eigenvalue weighted by molar-refractivity contribution is -0.153. The van der Waals surface area contributed by atoms with Gasteiger partial charge in [-0.05, 0) is 41.7 Å². The number of benzene rings is 2. The van der Waals surface area contributed by atoms with Crippen molar-refractivity contribution in [3.63, 3.8) is 0 Å². The first kappa shape index (κ1) is 22.2. The Morgan fingerprint density at radius 2 is 1.82 bits per heavy atom. The predicted octanol–water partition coefficient (Wildman–Crippen LogP) is 4.63. The minimum atomic E-state index is -0.407. The zero-order chi connectivity index (χ0) is 23.7. The van der Waals surface area contributed by atoms with Gasteiger partial charge in [-0.25, -0.2) is 4.79 Å². The molecule has 1 aromatic heterocycles. The second-order valence-corrected chi connectivity index (χ2v) is 8.77. The van der Waals surface area contributed by atoms with Crippen molar-refractivity contribution in [1.29, 1.82) is 0 Å². The van der Waals surface area contributed by atoms with E-state index in [4.69, 9.17) is 9.47 Å². The smallest absolute Gasteiger partial charge is 0.330 e. The summed E-state index contributed by atoms with van der Waals surface area (Å²) < 4.78 is 10.7. The van der Waals surface area contributed by atoms with Crippen LogP contribution < -0.4 is 0 Å². The van der Waals surface area contributed by atoms with Crippen LogP contribution in [0, 0.1) is 0 Å². The number of hydrogen-bond donors (Lipinski definition) is 1. The number of nitrogens with one attached hydrogen (secondary N) is 1. The van der Waals surface area contributed by atoms with Crippen molar-refractivity contribution in [3.8, 4) is 0 Å². The fourth-order valence-electron chi connectivity index (χ4n) is 5.17. The van der Waals surface area contributed by atoms with Gasteiger partial charge in [0.2, 0.25) is 0 Å². The van der Waals surface area contributed by atoms with E-state index in [2.05, 4.69) is 22.0 Å². The van der Waals surface area contributed by atoms with Gasteiger partial charge in [0.25, 0.3) is 0 Å². The van der Waals surface area contributed by atoms with Crippen LogP contribution in [0.5, 0.6) is 0 Å². The molecule has 2 aliphatic rings. The molecule has 5 rings (SSSR count). The molecular weight excluding hydrogens is 428 g/mol. The zero-order valence-electron chi connectivity index (χ0n) is 19.4. The molecule has 2 aliphatic heterocycles. The fourth-order valence-corrected chi connectivity index (χ4v) is 5.17. The quantitative estimate of drug-likeness (QED) is 0.458. The monoisotopic (exact) mass is 456 g/mol. The summed E-state index contributed by atoms with van der Waals surface area (Å²) in [7, 11) is 1.39. The summed E-state index contributed by atoms with van der Waals surface area (Å²) in [5.74, 6) is -0.588. The standard InChI is InChI=1S/C28H28N2O4/c1-3-19-16-30-24(13-20(19)14-26(31)33-2)27-22(21-11-7-8-12-23(21)29-27)15-25(30)28(32)34-17-18-9-5-4-6-10-18/h3-12,14,24-25,29H,13,15-17H2,1-2H3/b19-3-,20-14+/t24-,25+/m0/s1. The molecule has 34 heavy (non-hydrogen) atoms. The third-order valence-electron chi connectivity index (χ3n) is 6.89. The molecule has 3 aromatic rings. The number of nitrogens with zero attached hydrogens (tertiary/aromatic N) is 1. The number of piperidine rings is 1. The van der Waals surface area contributed by atoms with Crippen molar-refractivity contribution >= 4 is 22.8 Å². The van der Waals surface area contributed by atoms with Gasteiger partial charge >= 0.3 is 11.9 Å². The summed E-state index contributed by atoms with van der Waals surface area (Å²) in [6.07, 6.45) is 4.78. The fraction of sp³-hybridized carbons (Fsp3) is 0.286. The number of para-hydroxylation sites is 1. The maximum absolute atomic E-state index is 13.4.